The molecule has 29 heavy (non-hydrogen) atoms. The van der Waals surface area contributed by atoms with Gasteiger partial charge in [-0.15, -0.1) is 0 Å². The first-order chi connectivity index (χ1) is 13.7. The van der Waals surface area contributed by atoms with Gasteiger partial charge in [0, 0.05) is 10.7 Å². The first-order valence-corrected chi connectivity index (χ1v) is 9.86. The van der Waals surface area contributed by atoms with E-state index < -0.39 is 11.6 Å². The van der Waals surface area contributed by atoms with E-state index in [0.29, 0.717) is 33.4 Å². The number of carbonyl (C=O) groups is 2. The van der Waals surface area contributed by atoms with Crippen molar-refractivity contribution < 1.29 is 9.59 Å². The topological polar surface area (TPSA) is 90.4 Å². The Morgan fingerprint density at radius 3 is 2.59 bits per heavy atom. The summed E-state index contributed by atoms with van der Waals surface area (Å²) in [5.74, 6) is 0.0160. The van der Waals surface area contributed by atoms with Crippen LogP contribution >= 0.6 is 11.6 Å². The summed E-state index contributed by atoms with van der Waals surface area (Å²) in [5, 5.41) is 9.88. The van der Waals surface area contributed by atoms with Crippen LogP contribution in [0.3, 0.4) is 0 Å². The number of halogens is 1. The van der Waals surface area contributed by atoms with Crippen LogP contribution in [0.2, 0.25) is 5.02 Å². The zero-order valence-corrected chi connectivity index (χ0v) is 17.0. The first-order valence-electron chi connectivity index (χ1n) is 9.48. The third kappa shape index (κ3) is 3.22. The summed E-state index contributed by atoms with van der Waals surface area (Å²) in [7, 11) is 0. The maximum Gasteiger partial charge on any atom is 0.332 e. The van der Waals surface area contributed by atoms with E-state index in [4.69, 9.17) is 17.3 Å². The van der Waals surface area contributed by atoms with Crippen molar-refractivity contribution in [3.05, 3.63) is 58.1 Å². The van der Waals surface area contributed by atoms with Gasteiger partial charge in [0.25, 0.3) is 5.91 Å². The molecule has 7 heteroatoms. The number of hydrogen-bond acceptors (Lipinski definition) is 4. The third-order valence-electron chi connectivity index (χ3n) is 5.69. The van der Waals surface area contributed by atoms with Gasteiger partial charge < -0.3 is 10.6 Å². The molecule has 0 radical (unpaired) electrons. The minimum atomic E-state index is -1.04. The molecule has 0 aromatic heterocycles. The van der Waals surface area contributed by atoms with E-state index >= 15 is 0 Å². The quantitative estimate of drug-likeness (QED) is 0.598. The van der Waals surface area contributed by atoms with Gasteiger partial charge in [-0.3, -0.25) is 4.79 Å². The average molecular weight is 409 g/mol. The number of hydrogen-bond donors (Lipinski definition) is 1. The number of carbonyl (C=O) groups excluding carboxylic acids is 2. The molecule has 4 rings (SSSR count). The molecule has 6 nitrogen and oxygen atoms in total. The first kappa shape index (κ1) is 19.3. The number of nitriles is 1. The molecule has 3 amide bonds. The molecule has 1 saturated carbocycles. The molecule has 0 spiro atoms. The minimum Gasteiger partial charge on any atom is -0.398 e. The van der Waals surface area contributed by atoms with Gasteiger partial charge in [0.2, 0.25) is 0 Å². The van der Waals surface area contributed by atoms with E-state index in [1.54, 1.807) is 50.2 Å². The Morgan fingerprint density at radius 2 is 1.93 bits per heavy atom. The Kier molecular flexibility index (Phi) is 4.51. The van der Waals surface area contributed by atoms with Crippen molar-refractivity contribution in [1.82, 2.24) is 4.90 Å². The van der Waals surface area contributed by atoms with Gasteiger partial charge in [-0.1, -0.05) is 11.6 Å². The van der Waals surface area contributed by atoms with Gasteiger partial charge in [0.1, 0.15) is 5.54 Å². The summed E-state index contributed by atoms with van der Waals surface area (Å²) in [6.07, 6.45) is 2.04. The molecule has 1 aliphatic heterocycles. The number of benzene rings is 2. The summed E-state index contributed by atoms with van der Waals surface area (Å²) >= 11 is 6.08. The van der Waals surface area contributed by atoms with Crippen LogP contribution in [0, 0.1) is 11.3 Å². The fourth-order valence-corrected chi connectivity index (χ4v) is 3.93. The summed E-state index contributed by atoms with van der Waals surface area (Å²) in [6.45, 7) is 3.62. The zero-order chi connectivity index (χ0) is 20.9. The van der Waals surface area contributed by atoms with Crippen molar-refractivity contribution in [3.8, 4) is 6.07 Å². The number of nitrogens with two attached hydrogens (primary N) is 1. The highest BCUT2D eigenvalue weighted by Crippen LogP contribution is 2.44. The summed E-state index contributed by atoms with van der Waals surface area (Å²) in [5.41, 5.74) is 8.20. The van der Waals surface area contributed by atoms with Crippen LogP contribution < -0.4 is 10.6 Å². The number of rotatable bonds is 4. The molecule has 2 fully saturated rings. The van der Waals surface area contributed by atoms with Crippen LogP contribution in [-0.4, -0.2) is 22.4 Å². The van der Waals surface area contributed by atoms with Crippen molar-refractivity contribution in [2.45, 2.75) is 44.7 Å². The lowest BCUT2D eigenvalue weighted by Crippen LogP contribution is -2.43. The number of nitrogen functional groups attached to an aromatic ring is 1. The molecule has 2 aromatic rings. The molecule has 2 aromatic carbocycles. The zero-order valence-electron chi connectivity index (χ0n) is 16.3. The number of urea groups is 1. The van der Waals surface area contributed by atoms with E-state index in [9.17, 15) is 14.9 Å². The van der Waals surface area contributed by atoms with Crippen LogP contribution in [0.25, 0.3) is 0 Å². The average Bonchev–Trinajstić information content (AvgIpc) is 3.51. The maximum atomic E-state index is 13.3. The molecule has 1 aliphatic carbocycles. The largest absolute Gasteiger partial charge is 0.398 e. The molecule has 1 saturated heterocycles. The molecule has 0 atom stereocenters. The molecule has 2 N–H and O–H groups in total. The monoisotopic (exact) mass is 408 g/mol. The van der Waals surface area contributed by atoms with Gasteiger partial charge in [-0.25, -0.2) is 9.69 Å². The third-order valence-corrected chi connectivity index (χ3v) is 5.92. The fraction of sp³-hybridized carbons (Fsp3) is 0.318. The van der Waals surface area contributed by atoms with Crippen molar-refractivity contribution in [3.63, 3.8) is 0 Å². The normalized spacial score (nSPS) is 18.3. The highest BCUT2D eigenvalue weighted by atomic mass is 35.5. The summed E-state index contributed by atoms with van der Waals surface area (Å²) in [4.78, 5) is 29.2. The van der Waals surface area contributed by atoms with Gasteiger partial charge in [-0.05, 0) is 80.1 Å². The minimum absolute atomic E-state index is 0.173. The van der Waals surface area contributed by atoms with E-state index in [1.165, 1.54) is 9.80 Å². The van der Waals surface area contributed by atoms with Crippen molar-refractivity contribution in [1.29, 1.82) is 5.26 Å². The lowest BCUT2D eigenvalue weighted by Gasteiger charge is -2.28. The van der Waals surface area contributed by atoms with E-state index in [2.05, 4.69) is 6.07 Å². The lowest BCUT2D eigenvalue weighted by atomic mass is 10.0. The van der Waals surface area contributed by atoms with Crippen molar-refractivity contribution in [2.75, 3.05) is 10.6 Å². The summed E-state index contributed by atoms with van der Waals surface area (Å²) < 4.78 is 0. The second-order valence-electron chi connectivity index (χ2n) is 8.07. The molecular formula is C22H21ClN4O2. The Morgan fingerprint density at radius 1 is 1.21 bits per heavy atom. The molecule has 0 unspecified atom stereocenters. The predicted molar refractivity (Wildman–Crippen MR) is 112 cm³/mol. The van der Waals surface area contributed by atoms with Crippen molar-refractivity contribution in [2.24, 2.45) is 0 Å². The standard InChI is InChI=1S/C22H21ClN4O2/c1-22(2)20(28)27(17-7-5-14(11-24)18(10-17)13-3-4-13)21(29)26(22)12-15-9-16(23)6-8-19(15)25/h5-10,13H,3-4,12,25H2,1-2H3. The van der Waals surface area contributed by atoms with Gasteiger partial charge in [0.15, 0.2) is 0 Å². The van der Waals surface area contributed by atoms with Gasteiger partial charge in [0.05, 0.1) is 23.9 Å². The summed E-state index contributed by atoms with van der Waals surface area (Å²) in [6, 6.07) is 12.0. The van der Waals surface area contributed by atoms with E-state index in [-0.39, 0.29) is 12.5 Å². The molecule has 148 valence electrons. The Bertz CT molecular complexity index is 1070. The highest BCUT2D eigenvalue weighted by molar-refractivity contribution is 6.30. The predicted octanol–water partition coefficient (Wildman–Crippen LogP) is 4.42. The number of imide groups is 1. The smallest absolute Gasteiger partial charge is 0.332 e. The van der Waals surface area contributed by atoms with E-state index in [1.807, 2.05) is 0 Å². The van der Waals surface area contributed by atoms with Crippen LogP contribution in [0.4, 0.5) is 16.2 Å². The maximum absolute atomic E-state index is 13.3. The van der Waals surface area contributed by atoms with Crippen LogP contribution in [0.1, 0.15) is 49.3 Å². The number of nitrogens with zero attached hydrogens (tertiary/aromatic N) is 3. The van der Waals surface area contributed by atoms with Crippen LogP contribution in [0.15, 0.2) is 36.4 Å². The SMILES string of the molecule is CC1(C)C(=O)N(c2ccc(C#N)c(C3CC3)c2)C(=O)N1Cc1cc(Cl)ccc1N. The number of amides is 3. The second kappa shape index (κ2) is 6.78. The van der Waals surface area contributed by atoms with Gasteiger partial charge in [-0.2, -0.15) is 5.26 Å². The molecule has 2 aliphatic rings. The van der Waals surface area contributed by atoms with Crippen molar-refractivity contribution >= 4 is 34.9 Å². The second-order valence-corrected chi connectivity index (χ2v) is 8.51. The van der Waals surface area contributed by atoms with Gasteiger partial charge >= 0.3 is 6.03 Å². The Labute approximate surface area is 174 Å². The molecule has 1 heterocycles. The molecule has 0 bridgehead atoms. The van der Waals surface area contributed by atoms with Crippen LogP contribution in [0.5, 0.6) is 0 Å². The van der Waals surface area contributed by atoms with E-state index in [0.717, 1.165) is 18.4 Å². The van der Waals surface area contributed by atoms with Crippen LogP contribution in [-0.2, 0) is 11.3 Å². The number of anilines is 2. The Hall–Kier alpha value is -3.04. The lowest BCUT2D eigenvalue weighted by molar-refractivity contribution is -0.123. The Balaban J connectivity index is 1.71. The molecular weight excluding hydrogens is 388 g/mol. The fourth-order valence-electron chi connectivity index (χ4n) is 3.73. The highest BCUT2D eigenvalue weighted by Gasteiger charge is 2.52.